The summed E-state index contributed by atoms with van der Waals surface area (Å²) in [7, 11) is 1.22. The molecule has 3 atom stereocenters. The Morgan fingerprint density at radius 3 is 1.86 bits per heavy atom. The second-order valence-corrected chi connectivity index (χ2v) is 15.7. The number of unbranched alkanes of at least 4 members (excludes halogenated alkanes) is 15. The van der Waals surface area contributed by atoms with E-state index in [0.29, 0.717) is 17.4 Å². The maximum Gasteiger partial charge on any atom is 0.268 e. The zero-order valence-corrected chi connectivity index (χ0v) is 33.0. The van der Waals surface area contributed by atoms with Crippen LogP contribution in [0.3, 0.4) is 0 Å². The number of phosphoric acid groups is 1. The average molecular weight is 711 g/mol. The average Bonchev–Trinajstić information content (AvgIpc) is 3.04. The smallest absolute Gasteiger partial charge is 0.268 e. The third kappa shape index (κ3) is 34.7. The summed E-state index contributed by atoms with van der Waals surface area (Å²) in [6, 6.07) is -0.908. The lowest BCUT2D eigenvalue weighted by atomic mass is 10.1. The lowest BCUT2D eigenvalue weighted by molar-refractivity contribution is -0.870. The highest BCUT2D eigenvalue weighted by Gasteiger charge is 2.23. The number of carbonyl (C=O) groups is 1. The van der Waals surface area contributed by atoms with Crippen molar-refractivity contribution < 1.29 is 32.9 Å². The van der Waals surface area contributed by atoms with Crippen LogP contribution in [-0.4, -0.2) is 68.5 Å². The first-order chi connectivity index (χ1) is 23.5. The molecular formula is C40H75N2O6P. The van der Waals surface area contributed by atoms with Crippen molar-refractivity contribution in [1.29, 1.82) is 0 Å². The summed E-state index contributed by atoms with van der Waals surface area (Å²) in [6.45, 7) is 4.51. The van der Waals surface area contributed by atoms with Crippen LogP contribution in [0.1, 0.15) is 149 Å². The van der Waals surface area contributed by atoms with Crippen molar-refractivity contribution >= 4 is 13.7 Å². The van der Waals surface area contributed by atoms with Gasteiger partial charge in [-0.25, -0.2) is 0 Å². The zero-order chi connectivity index (χ0) is 36.5. The molecule has 0 saturated heterocycles. The van der Waals surface area contributed by atoms with Gasteiger partial charge in [-0.3, -0.25) is 9.36 Å². The molecule has 0 bridgehead atoms. The van der Waals surface area contributed by atoms with Crippen molar-refractivity contribution in [2.75, 3.05) is 40.9 Å². The molecule has 0 radical (unpaired) electrons. The first-order valence-electron chi connectivity index (χ1n) is 19.5. The molecule has 0 saturated carbocycles. The van der Waals surface area contributed by atoms with Gasteiger partial charge in [-0.15, -0.1) is 0 Å². The van der Waals surface area contributed by atoms with Gasteiger partial charge in [0, 0.05) is 6.42 Å². The van der Waals surface area contributed by atoms with Gasteiger partial charge in [-0.05, 0) is 57.8 Å². The lowest BCUT2D eigenvalue weighted by Crippen LogP contribution is -2.45. The maximum absolute atomic E-state index is 12.8. The van der Waals surface area contributed by atoms with Crippen molar-refractivity contribution in [3.63, 3.8) is 0 Å². The molecule has 0 heterocycles. The van der Waals surface area contributed by atoms with E-state index in [1.54, 1.807) is 6.08 Å². The minimum atomic E-state index is -4.59. The first kappa shape index (κ1) is 47.5. The molecule has 0 aromatic carbocycles. The van der Waals surface area contributed by atoms with Gasteiger partial charge in [0.2, 0.25) is 5.91 Å². The molecule has 1 amide bonds. The molecule has 0 fully saturated rings. The van der Waals surface area contributed by atoms with E-state index in [4.69, 9.17) is 9.05 Å². The number of phosphoric ester groups is 1. The quantitative estimate of drug-likeness (QED) is 0.0298. The number of aliphatic hydroxyl groups is 1. The summed E-state index contributed by atoms with van der Waals surface area (Å²) in [4.78, 5) is 25.1. The summed E-state index contributed by atoms with van der Waals surface area (Å²) in [6.07, 6.45) is 38.7. The number of aliphatic hydroxyl groups excluding tert-OH is 1. The van der Waals surface area contributed by atoms with E-state index in [2.05, 4.69) is 55.6 Å². The number of nitrogens with zero attached hydrogens (tertiary/aromatic N) is 1. The molecular weight excluding hydrogens is 635 g/mol. The lowest BCUT2D eigenvalue weighted by Gasteiger charge is -2.29. The molecule has 8 nitrogen and oxygen atoms in total. The molecule has 0 aromatic heterocycles. The third-order valence-electron chi connectivity index (χ3n) is 8.24. The minimum absolute atomic E-state index is 0.0109. The number of rotatable bonds is 34. The number of hydrogen-bond acceptors (Lipinski definition) is 6. The Balaban J connectivity index is 4.62. The van der Waals surface area contributed by atoms with Crippen molar-refractivity contribution in [3.8, 4) is 0 Å². The minimum Gasteiger partial charge on any atom is -0.756 e. The summed E-state index contributed by atoms with van der Waals surface area (Å²) in [5.74, 6) is -0.226. The number of hydrogen-bond donors (Lipinski definition) is 2. The highest BCUT2D eigenvalue weighted by atomic mass is 31.2. The van der Waals surface area contributed by atoms with Crippen LogP contribution in [0.5, 0.6) is 0 Å². The van der Waals surface area contributed by atoms with E-state index in [-0.39, 0.29) is 12.5 Å². The van der Waals surface area contributed by atoms with Gasteiger partial charge in [-0.2, -0.15) is 0 Å². The van der Waals surface area contributed by atoms with E-state index in [1.165, 1.54) is 57.8 Å². The van der Waals surface area contributed by atoms with Gasteiger partial charge in [-0.1, -0.05) is 133 Å². The molecule has 3 unspecified atom stereocenters. The molecule has 286 valence electrons. The van der Waals surface area contributed by atoms with E-state index in [9.17, 15) is 19.4 Å². The van der Waals surface area contributed by atoms with Crippen LogP contribution in [0.25, 0.3) is 0 Å². The molecule has 0 spiro atoms. The third-order valence-corrected chi connectivity index (χ3v) is 9.21. The molecule has 0 aromatic rings. The Hall–Kier alpha value is -1.54. The number of amides is 1. The SMILES string of the molecule is CCC/C=C\C/C=C\CCCCCCCC(=O)NC(COP(=O)([O-])OCC[N+](C)(C)C)C(O)/C=C/CC/C=C/CCCCCCCCCC. The van der Waals surface area contributed by atoms with Crippen LogP contribution in [0.2, 0.25) is 0 Å². The maximum atomic E-state index is 12.8. The van der Waals surface area contributed by atoms with Gasteiger partial charge < -0.3 is 28.8 Å². The van der Waals surface area contributed by atoms with E-state index < -0.39 is 26.6 Å². The number of likely N-dealkylation sites (N-methyl/N-ethyl adjacent to an activating group) is 1. The predicted octanol–water partition coefficient (Wildman–Crippen LogP) is 9.50. The Bertz CT molecular complexity index is 944. The Morgan fingerprint density at radius 2 is 1.24 bits per heavy atom. The van der Waals surface area contributed by atoms with Crippen molar-refractivity contribution in [3.05, 3.63) is 48.6 Å². The predicted molar refractivity (Wildman–Crippen MR) is 205 cm³/mol. The molecule has 2 N–H and O–H groups in total. The van der Waals surface area contributed by atoms with E-state index >= 15 is 0 Å². The molecule has 0 aliphatic rings. The van der Waals surface area contributed by atoms with E-state index in [0.717, 1.165) is 70.6 Å². The summed E-state index contributed by atoms with van der Waals surface area (Å²) < 4.78 is 23.1. The van der Waals surface area contributed by atoms with Crippen LogP contribution in [-0.2, 0) is 18.4 Å². The summed E-state index contributed by atoms with van der Waals surface area (Å²) in [5.41, 5.74) is 0. The van der Waals surface area contributed by atoms with Crippen molar-refractivity contribution in [2.45, 2.75) is 161 Å². The second-order valence-electron chi connectivity index (χ2n) is 14.3. The van der Waals surface area contributed by atoms with Crippen LogP contribution in [0, 0.1) is 0 Å². The van der Waals surface area contributed by atoms with Gasteiger partial charge in [0.1, 0.15) is 13.2 Å². The van der Waals surface area contributed by atoms with Crippen LogP contribution >= 0.6 is 7.82 Å². The van der Waals surface area contributed by atoms with Gasteiger partial charge >= 0.3 is 0 Å². The molecule has 0 rings (SSSR count). The molecule has 49 heavy (non-hydrogen) atoms. The summed E-state index contributed by atoms with van der Waals surface area (Å²) in [5, 5.41) is 13.7. The molecule has 0 aliphatic carbocycles. The highest BCUT2D eigenvalue weighted by molar-refractivity contribution is 7.45. The fourth-order valence-electron chi connectivity index (χ4n) is 5.09. The first-order valence-corrected chi connectivity index (χ1v) is 21.0. The Morgan fingerprint density at radius 1 is 0.714 bits per heavy atom. The molecule has 0 aliphatic heterocycles. The molecule has 9 heteroatoms. The summed E-state index contributed by atoms with van der Waals surface area (Å²) >= 11 is 0. The number of allylic oxidation sites excluding steroid dienone is 7. The highest BCUT2D eigenvalue weighted by Crippen LogP contribution is 2.38. The van der Waals surface area contributed by atoms with Crippen molar-refractivity contribution in [2.24, 2.45) is 0 Å². The normalized spacial score (nSPS) is 15.2. The number of quaternary nitrogens is 1. The van der Waals surface area contributed by atoms with Crippen LogP contribution < -0.4 is 10.2 Å². The van der Waals surface area contributed by atoms with Crippen LogP contribution in [0.15, 0.2) is 48.6 Å². The van der Waals surface area contributed by atoms with Crippen molar-refractivity contribution in [1.82, 2.24) is 5.32 Å². The van der Waals surface area contributed by atoms with Crippen LogP contribution in [0.4, 0.5) is 0 Å². The fourth-order valence-corrected chi connectivity index (χ4v) is 5.81. The van der Waals surface area contributed by atoms with Gasteiger partial charge in [0.25, 0.3) is 7.82 Å². The monoisotopic (exact) mass is 711 g/mol. The Kier molecular flexibility index (Phi) is 31.4. The van der Waals surface area contributed by atoms with Gasteiger partial charge in [0.15, 0.2) is 0 Å². The topological polar surface area (TPSA) is 108 Å². The fraction of sp³-hybridized carbons (Fsp3) is 0.775. The number of carbonyl (C=O) groups excluding carboxylic acids is 1. The standard InChI is InChI=1S/C40H75N2O6P/c1-6-8-10-12-14-16-18-20-22-23-25-27-29-31-33-39(43)38(37-48-49(45,46)47-36-35-42(3,4)5)41-40(44)34-32-30-28-26-24-21-19-17-15-13-11-9-7-2/h11,13,17,19,23,25,31,33,38-39,43H,6-10,12,14-16,18,20-22,24,26-30,32,34-37H2,1-5H3,(H-,41,44,45,46)/b13-11-,19-17-,25-23+,33-31+. The number of nitrogens with one attached hydrogen (secondary N) is 1. The largest absolute Gasteiger partial charge is 0.756 e. The Labute approximate surface area is 301 Å². The zero-order valence-electron chi connectivity index (χ0n) is 32.1. The van der Waals surface area contributed by atoms with Gasteiger partial charge in [0.05, 0.1) is 39.9 Å². The van der Waals surface area contributed by atoms with E-state index in [1.807, 2.05) is 27.2 Å². The second kappa shape index (κ2) is 32.4.